The van der Waals surface area contributed by atoms with Crippen molar-refractivity contribution in [2.24, 2.45) is 0 Å². The van der Waals surface area contributed by atoms with Crippen molar-refractivity contribution in [3.63, 3.8) is 0 Å². The molecule has 1 aromatic carbocycles. The fraction of sp³-hybridized carbons (Fsp3) is 0.538. The maximum atomic E-state index is 9.78. The molecule has 0 radical (unpaired) electrons. The molecule has 2 N–H and O–H groups in total. The highest BCUT2D eigenvalue weighted by molar-refractivity contribution is 5.39. The fourth-order valence-corrected chi connectivity index (χ4v) is 2.22. The van der Waals surface area contributed by atoms with Gasteiger partial charge in [-0.25, -0.2) is 0 Å². The molecule has 3 heteroatoms. The van der Waals surface area contributed by atoms with E-state index < -0.39 is 0 Å². The number of hydrogen-bond acceptors (Lipinski definition) is 3. The van der Waals surface area contributed by atoms with Gasteiger partial charge in [0.05, 0.1) is 7.11 Å². The van der Waals surface area contributed by atoms with Crippen LogP contribution in [0.2, 0.25) is 0 Å². The standard InChI is InChI=1S/C13H19NO2/c1-16-12-5-6-13(15)10(9-12)8-11-4-2-3-7-14-11/h5-6,9,11,14-15H,2-4,7-8H2,1H3. The maximum absolute atomic E-state index is 9.78. The summed E-state index contributed by atoms with van der Waals surface area (Å²) < 4.78 is 5.17. The normalized spacial score (nSPS) is 20.7. The van der Waals surface area contributed by atoms with Crippen LogP contribution in [0.5, 0.6) is 11.5 Å². The van der Waals surface area contributed by atoms with Crippen LogP contribution in [0.25, 0.3) is 0 Å². The van der Waals surface area contributed by atoms with E-state index in [4.69, 9.17) is 4.74 Å². The summed E-state index contributed by atoms with van der Waals surface area (Å²) in [5.74, 6) is 1.18. The van der Waals surface area contributed by atoms with Crippen LogP contribution in [0, 0.1) is 0 Å². The quantitative estimate of drug-likeness (QED) is 0.821. The average Bonchev–Trinajstić information content (AvgIpc) is 2.33. The molecule has 1 heterocycles. The summed E-state index contributed by atoms with van der Waals surface area (Å²) in [6, 6.07) is 5.90. The molecular weight excluding hydrogens is 202 g/mol. The van der Waals surface area contributed by atoms with Crippen LogP contribution in [0.3, 0.4) is 0 Å². The first-order valence-electron chi connectivity index (χ1n) is 5.89. The first-order valence-corrected chi connectivity index (χ1v) is 5.89. The fourth-order valence-electron chi connectivity index (χ4n) is 2.22. The highest BCUT2D eigenvalue weighted by atomic mass is 16.5. The third-order valence-corrected chi connectivity index (χ3v) is 3.17. The Morgan fingerprint density at radius 1 is 1.44 bits per heavy atom. The minimum atomic E-state index is 0.369. The van der Waals surface area contributed by atoms with E-state index in [0.717, 1.165) is 24.3 Å². The molecule has 1 unspecified atom stereocenters. The molecule has 0 aliphatic carbocycles. The van der Waals surface area contributed by atoms with Crippen molar-refractivity contribution >= 4 is 0 Å². The zero-order valence-electron chi connectivity index (χ0n) is 9.70. The molecule has 16 heavy (non-hydrogen) atoms. The lowest BCUT2D eigenvalue weighted by Gasteiger charge is -2.23. The topological polar surface area (TPSA) is 41.5 Å². The molecule has 1 aliphatic rings. The number of phenolic OH excluding ortho intramolecular Hbond substituents is 1. The van der Waals surface area contributed by atoms with Crippen molar-refractivity contribution in [1.29, 1.82) is 0 Å². The van der Waals surface area contributed by atoms with Gasteiger partial charge in [0.25, 0.3) is 0 Å². The lowest BCUT2D eigenvalue weighted by molar-refractivity contribution is 0.387. The number of phenols is 1. The van der Waals surface area contributed by atoms with Crippen molar-refractivity contribution in [1.82, 2.24) is 5.32 Å². The molecule has 0 spiro atoms. The van der Waals surface area contributed by atoms with E-state index in [1.165, 1.54) is 19.3 Å². The Morgan fingerprint density at radius 2 is 2.31 bits per heavy atom. The molecule has 1 atom stereocenters. The molecule has 1 saturated heterocycles. The summed E-state index contributed by atoms with van der Waals surface area (Å²) in [4.78, 5) is 0. The van der Waals surface area contributed by atoms with Gasteiger partial charge in [-0.3, -0.25) is 0 Å². The Balaban J connectivity index is 2.06. The highest BCUT2D eigenvalue weighted by Gasteiger charge is 2.15. The Labute approximate surface area is 96.4 Å². The van der Waals surface area contributed by atoms with Crippen molar-refractivity contribution in [2.75, 3.05) is 13.7 Å². The summed E-state index contributed by atoms with van der Waals surface area (Å²) in [7, 11) is 1.65. The van der Waals surface area contributed by atoms with E-state index >= 15 is 0 Å². The molecule has 2 rings (SSSR count). The SMILES string of the molecule is COc1ccc(O)c(CC2CCCCN2)c1. The smallest absolute Gasteiger partial charge is 0.119 e. The number of ether oxygens (including phenoxy) is 1. The van der Waals surface area contributed by atoms with Crippen LogP contribution in [-0.2, 0) is 6.42 Å². The van der Waals surface area contributed by atoms with Crippen molar-refractivity contribution < 1.29 is 9.84 Å². The van der Waals surface area contributed by atoms with E-state index in [0.29, 0.717) is 11.8 Å². The van der Waals surface area contributed by atoms with Gasteiger partial charge < -0.3 is 15.2 Å². The monoisotopic (exact) mass is 221 g/mol. The van der Waals surface area contributed by atoms with Crippen LogP contribution in [0.1, 0.15) is 24.8 Å². The first kappa shape index (κ1) is 11.3. The molecule has 3 nitrogen and oxygen atoms in total. The van der Waals surface area contributed by atoms with Crippen molar-refractivity contribution in [2.45, 2.75) is 31.7 Å². The number of piperidine rings is 1. The van der Waals surface area contributed by atoms with Gasteiger partial charge in [-0.1, -0.05) is 6.42 Å². The summed E-state index contributed by atoms with van der Waals surface area (Å²) in [6.07, 6.45) is 4.61. The van der Waals surface area contributed by atoms with E-state index in [1.807, 2.05) is 6.07 Å². The molecule has 0 saturated carbocycles. The maximum Gasteiger partial charge on any atom is 0.119 e. The van der Waals surface area contributed by atoms with Gasteiger partial charge in [0.15, 0.2) is 0 Å². The number of nitrogens with one attached hydrogen (secondary N) is 1. The third kappa shape index (κ3) is 2.67. The second-order valence-electron chi connectivity index (χ2n) is 4.35. The van der Waals surface area contributed by atoms with Crippen LogP contribution in [0.4, 0.5) is 0 Å². The van der Waals surface area contributed by atoms with E-state index in [1.54, 1.807) is 19.2 Å². The number of rotatable bonds is 3. The van der Waals surface area contributed by atoms with Crippen LogP contribution in [0.15, 0.2) is 18.2 Å². The Morgan fingerprint density at radius 3 is 3.00 bits per heavy atom. The lowest BCUT2D eigenvalue weighted by Crippen LogP contribution is -2.35. The van der Waals surface area contributed by atoms with Gasteiger partial charge in [-0.2, -0.15) is 0 Å². The van der Waals surface area contributed by atoms with Crippen LogP contribution < -0.4 is 10.1 Å². The van der Waals surface area contributed by atoms with Crippen LogP contribution in [-0.4, -0.2) is 24.8 Å². The molecule has 0 amide bonds. The molecule has 1 fully saturated rings. The summed E-state index contributed by atoms with van der Waals surface area (Å²) in [6.45, 7) is 1.09. The Kier molecular flexibility index (Phi) is 3.67. The van der Waals surface area contributed by atoms with Gasteiger partial charge >= 0.3 is 0 Å². The zero-order chi connectivity index (χ0) is 11.4. The van der Waals surface area contributed by atoms with Gasteiger partial charge in [-0.05, 0) is 49.6 Å². The summed E-state index contributed by atoms with van der Waals surface area (Å²) in [5.41, 5.74) is 0.971. The third-order valence-electron chi connectivity index (χ3n) is 3.17. The molecule has 1 aromatic rings. The van der Waals surface area contributed by atoms with Crippen molar-refractivity contribution in [3.8, 4) is 11.5 Å². The minimum absolute atomic E-state index is 0.369. The Bertz CT molecular complexity index is 346. The number of benzene rings is 1. The van der Waals surface area contributed by atoms with Gasteiger partial charge in [0.1, 0.15) is 11.5 Å². The largest absolute Gasteiger partial charge is 0.508 e. The summed E-state index contributed by atoms with van der Waals surface area (Å²) >= 11 is 0. The number of aromatic hydroxyl groups is 1. The second-order valence-corrected chi connectivity index (χ2v) is 4.35. The second kappa shape index (κ2) is 5.21. The molecule has 1 aliphatic heterocycles. The first-order chi connectivity index (χ1) is 7.79. The Hall–Kier alpha value is -1.22. The van der Waals surface area contributed by atoms with E-state index in [-0.39, 0.29) is 0 Å². The van der Waals surface area contributed by atoms with E-state index in [2.05, 4.69) is 5.32 Å². The number of hydrogen-bond donors (Lipinski definition) is 2. The van der Waals surface area contributed by atoms with Gasteiger partial charge in [-0.15, -0.1) is 0 Å². The van der Waals surface area contributed by atoms with Crippen molar-refractivity contribution in [3.05, 3.63) is 23.8 Å². The predicted molar refractivity (Wildman–Crippen MR) is 64.0 cm³/mol. The van der Waals surface area contributed by atoms with Crippen LogP contribution >= 0.6 is 0 Å². The highest BCUT2D eigenvalue weighted by Crippen LogP contribution is 2.25. The molecule has 0 bridgehead atoms. The number of methoxy groups -OCH3 is 1. The predicted octanol–water partition coefficient (Wildman–Crippen LogP) is 2.09. The zero-order valence-corrected chi connectivity index (χ0v) is 9.70. The molecular formula is C13H19NO2. The average molecular weight is 221 g/mol. The van der Waals surface area contributed by atoms with Gasteiger partial charge in [0.2, 0.25) is 0 Å². The molecule has 0 aromatic heterocycles. The summed E-state index contributed by atoms with van der Waals surface area (Å²) in [5, 5.41) is 13.3. The lowest BCUT2D eigenvalue weighted by atomic mass is 9.97. The molecule has 88 valence electrons. The van der Waals surface area contributed by atoms with Gasteiger partial charge in [0, 0.05) is 6.04 Å². The van der Waals surface area contributed by atoms with E-state index in [9.17, 15) is 5.11 Å². The minimum Gasteiger partial charge on any atom is -0.508 e.